The number of rotatable bonds is 7. The maximum atomic E-state index is 12.6. The first-order valence-corrected chi connectivity index (χ1v) is 9.30. The van der Waals surface area contributed by atoms with Gasteiger partial charge in [-0.2, -0.15) is 0 Å². The van der Waals surface area contributed by atoms with E-state index in [0.29, 0.717) is 19.1 Å². The lowest BCUT2D eigenvalue weighted by Crippen LogP contribution is -2.30. The Bertz CT molecular complexity index is 663. The van der Waals surface area contributed by atoms with Gasteiger partial charge >= 0.3 is 0 Å². The topological polar surface area (TPSA) is 38.3 Å². The van der Waals surface area contributed by atoms with Crippen molar-refractivity contribution < 1.29 is 9.53 Å². The van der Waals surface area contributed by atoms with Gasteiger partial charge in [0.1, 0.15) is 0 Å². The van der Waals surface area contributed by atoms with Crippen LogP contribution in [0.5, 0.6) is 0 Å². The smallest absolute Gasteiger partial charge is 0.251 e. The molecule has 25 heavy (non-hydrogen) atoms. The largest absolute Gasteiger partial charge is 0.372 e. The summed E-state index contributed by atoms with van der Waals surface area (Å²) in [6.07, 6.45) is 6.41. The minimum atomic E-state index is 0.0180. The number of hydrogen-bond acceptors (Lipinski definition) is 2. The van der Waals surface area contributed by atoms with Gasteiger partial charge in [-0.1, -0.05) is 67.8 Å². The molecule has 0 atom stereocenters. The zero-order valence-corrected chi connectivity index (χ0v) is 14.7. The Morgan fingerprint density at radius 3 is 2.44 bits per heavy atom. The highest BCUT2D eigenvalue weighted by Gasteiger charge is 2.16. The third kappa shape index (κ3) is 5.43. The normalized spacial score (nSPS) is 15.0. The Morgan fingerprint density at radius 1 is 0.920 bits per heavy atom. The molecule has 1 amide bonds. The monoisotopic (exact) mass is 337 g/mol. The minimum absolute atomic E-state index is 0.0180. The summed E-state index contributed by atoms with van der Waals surface area (Å²) in [6, 6.07) is 17.8. The molecule has 1 aliphatic rings. The van der Waals surface area contributed by atoms with Crippen LogP contribution in [0.15, 0.2) is 54.6 Å². The summed E-state index contributed by atoms with van der Waals surface area (Å²) in [5.74, 6) is 0.656. The summed E-state index contributed by atoms with van der Waals surface area (Å²) < 4.78 is 5.81. The number of carbonyl (C=O) groups excluding carboxylic acids is 1. The van der Waals surface area contributed by atoms with E-state index in [1.807, 2.05) is 54.6 Å². The number of hydrogen-bond donors (Lipinski definition) is 1. The molecule has 0 heterocycles. The molecule has 1 fully saturated rings. The Kier molecular flexibility index (Phi) is 6.63. The van der Waals surface area contributed by atoms with Crippen LogP contribution in [0.2, 0.25) is 0 Å². The van der Waals surface area contributed by atoms with Crippen LogP contribution in [-0.4, -0.2) is 12.5 Å². The summed E-state index contributed by atoms with van der Waals surface area (Å²) in [5.41, 5.74) is 2.81. The molecule has 132 valence electrons. The van der Waals surface area contributed by atoms with E-state index in [4.69, 9.17) is 4.74 Å². The molecule has 0 aliphatic heterocycles. The van der Waals surface area contributed by atoms with Crippen LogP contribution >= 0.6 is 0 Å². The number of amides is 1. The van der Waals surface area contributed by atoms with Gasteiger partial charge in [0.2, 0.25) is 0 Å². The molecular weight excluding hydrogens is 310 g/mol. The number of benzene rings is 2. The van der Waals surface area contributed by atoms with E-state index in [1.165, 1.54) is 32.1 Å². The third-order valence-corrected chi connectivity index (χ3v) is 4.91. The number of ether oxygens (including phenoxy) is 1. The van der Waals surface area contributed by atoms with Crippen LogP contribution in [0.3, 0.4) is 0 Å². The SMILES string of the molecule is O=C(NCC1CCCCC1)c1ccccc1COCc1ccccc1. The van der Waals surface area contributed by atoms with Crippen LogP contribution in [0.1, 0.15) is 53.6 Å². The van der Waals surface area contributed by atoms with Crippen molar-refractivity contribution in [1.82, 2.24) is 5.32 Å². The van der Waals surface area contributed by atoms with E-state index in [1.54, 1.807) is 0 Å². The summed E-state index contributed by atoms with van der Waals surface area (Å²) in [7, 11) is 0. The molecule has 1 saturated carbocycles. The molecular formula is C22H27NO2. The lowest BCUT2D eigenvalue weighted by Gasteiger charge is -2.22. The van der Waals surface area contributed by atoms with Crippen molar-refractivity contribution in [2.45, 2.75) is 45.3 Å². The molecule has 3 nitrogen and oxygen atoms in total. The van der Waals surface area contributed by atoms with E-state index in [9.17, 15) is 4.79 Å². The average molecular weight is 337 g/mol. The van der Waals surface area contributed by atoms with E-state index in [0.717, 1.165) is 23.2 Å². The van der Waals surface area contributed by atoms with Gasteiger partial charge < -0.3 is 10.1 Å². The first-order valence-electron chi connectivity index (χ1n) is 9.30. The molecule has 0 radical (unpaired) electrons. The van der Waals surface area contributed by atoms with Gasteiger partial charge in [0, 0.05) is 12.1 Å². The summed E-state index contributed by atoms with van der Waals surface area (Å²) in [4.78, 5) is 12.6. The van der Waals surface area contributed by atoms with Crippen LogP contribution in [-0.2, 0) is 18.0 Å². The Morgan fingerprint density at radius 2 is 1.64 bits per heavy atom. The van der Waals surface area contributed by atoms with Crippen LogP contribution in [0, 0.1) is 5.92 Å². The van der Waals surface area contributed by atoms with E-state index < -0.39 is 0 Å². The molecule has 1 aliphatic carbocycles. The molecule has 0 bridgehead atoms. The van der Waals surface area contributed by atoms with Crippen LogP contribution in [0.4, 0.5) is 0 Å². The molecule has 2 aromatic rings. The van der Waals surface area contributed by atoms with Gasteiger partial charge in [0.05, 0.1) is 13.2 Å². The summed E-state index contributed by atoms with van der Waals surface area (Å²) in [6.45, 7) is 1.79. The predicted molar refractivity (Wildman–Crippen MR) is 100 cm³/mol. The number of nitrogens with one attached hydrogen (secondary N) is 1. The molecule has 3 rings (SSSR count). The minimum Gasteiger partial charge on any atom is -0.372 e. The summed E-state index contributed by atoms with van der Waals surface area (Å²) in [5, 5.41) is 3.12. The number of carbonyl (C=O) groups is 1. The average Bonchev–Trinajstić information content (AvgIpc) is 2.68. The molecule has 0 spiro atoms. The second-order valence-electron chi connectivity index (χ2n) is 6.85. The van der Waals surface area contributed by atoms with E-state index in [-0.39, 0.29) is 5.91 Å². The van der Waals surface area contributed by atoms with Crippen molar-refractivity contribution >= 4 is 5.91 Å². The highest BCUT2D eigenvalue weighted by Crippen LogP contribution is 2.23. The zero-order valence-electron chi connectivity index (χ0n) is 14.7. The highest BCUT2D eigenvalue weighted by atomic mass is 16.5. The summed E-state index contributed by atoms with van der Waals surface area (Å²) >= 11 is 0. The zero-order chi connectivity index (χ0) is 17.3. The molecule has 2 aromatic carbocycles. The van der Waals surface area contributed by atoms with Crippen molar-refractivity contribution in [3.05, 3.63) is 71.3 Å². The third-order valence-electron chi connectivity index (χ3n) is 4.91. The standard InChI is InChI=1S/C22H27NO2/c24-22(23-15-18-9-3-1-4-10-18)21-14-8-7-13-20(21)17-25-16-19-11-5-2-6-12-19/h2,5-8,11-14,18H,1,3-4,9-10,15-17H2,(H,23,24). The first-order chi connectivity index (χ1) is 12.3. The van der Waals surface area contributed by atoms with E-state index in [2.05, 4.69) is 5.32 Å². The fourth-order valence-corrected chi connectivity index (χ4v) is 3.44. The maximum absolute atomic E-state index is 12.6. The van der Waals surface area contributed by atoms with Gasteiger partial charge in [-0.25, -0.2) is 0 Å². The van der Waals surface area contributed by atoms with Gasteiger partial charge in [-0.3, -0.25) is 4.79 Å². The van der Waals surface area contributed by atoms with Gasteiger partial charge in [-0.05, 0) is 36.0 Å². The molecule has 1 N–H and O–H groups in total. The fourth-order valence-electron chi connectivity index (χ4n) is 3.44. The lowest BCUT2D eigenvalue weighted by molar-refractivity contribution is 0.0919. The highest BCUT2D eigenvalue weighted by molar-refractivity contribution is 5.95. The van der Waals surface area contributed by atoms with Gasteiger partial charge in [0.25, 0.3) is 5.91 Å². The van der Waals surface area contributed by atoms with Crippen LogP contribution in [0.25, 0.3) is 0 Å². The fraction of sp³-hybridized carbons (Fsp3) is 0.409. The maximum Gasteiger partial charge on any atom is 0.251 e. The van der Waals surface area contributed by atoms with E-state index >= 15 is 0 Å². The second-order valence-corrected chi connectivity index (χ2v) is 6.85. The van der Waals surface area contributed by atoms with Crippen molar-refractivity contribution in [3.63, 3.8) is 0 Å². The second kappa shape index (κ2) is 9.38. The van der Waals surface area contributed by atoms with Crippen molar-refractivity contribution in [1.29, 1.82) is 0 Å². The lowest BCUT2D eigenvalue weighted by atomic mass is 9.89. The predicted octanol–water partition coefficient (Wildman–Crippen LogP) is 4.71. The van der Waals surface area contributed by atoms with Crippen molar-refractivity contribution in [2.24, 2.45) is 5.92 Å². The van der Waals surface area contributed by atoms with Gasteiger partial charge in [-0.15, -0.1) is 0 Å². The Balaban J connectivity index is 1.53. The van der Waals surface area contributed by atoms with Crippen molar-refractivity contribution in [2.75, 3.05) is 6.54 Å². The van der Waals surface area contributed by atoms with Crippen LogP contribution < -0.4 is 5.32 Å². The van der Waals surface area contributed by atoms with Gasteiger partial charge in [0.15, 0.2) is 0 Å². The van der Waals surface area contributed by atoms with Crippen molar-refractivity contribution in [3.8, 4) is 0 Å². The molecule has 0 saturated heterocycles. The molecule has 3 heteroatoms. The molecule has 0 unspecified atom stereocenters. The Hall–Kier alpha value is -2.13. The molecule has 0 aromatic heterocycles. The Labute approximate surface area is 150 Å². The quantitative estimate of drug-likeness (QED) is 0.794. The first kappa shape index (κ1) is 17.7.